The predicted molar refractivity (Wildman–Crippen MR) is 114 cm³/mol. The van der Waals surface area contributed by atoms with Crippen molar-refractivity contribution in [2.75, 3.05) is 20.2 Å². The van der Waals surface area contributed by atoms with Gasteiger partial charge in [0.05, 0.1) is 25.7 Å². The van der Waals surface area contributed by atoms with Gasteiger partial charge in [0.15, 0.2) is 0 Å². The molecule has 3 rings (SSSR count). The van der Waals surface area contributed by atoms with Crippen molar-refractivity contribution in [3.8, 4) is 11.1 Å². The van der Waals surface area contributed by atoms with E-state index in [-0.39, 0.29) is 18.9 Å². The highest BCUT2D eigenvalue weighted by Crippen LogP contribution is 2.36. The van der Waals surface area contributed by atoms with E-state index in [0.29, 0.717) is 0 Å². The van der Waals surface area contributed by atoms with Crippen LogP contribution in [0.5, 0.6) is 0 Å². The molecule has 1 heterocycles. The standard InChI is InChI=1S/C24H28FNO5/c1-24(2,3)31-23(29)26-13-19(22(28)30-4)21(20(27)14-26)17-7-5-6-16(12-17)15-8-10-18(25)11-9-15/h5-12,19-21,27H,13-14H2,1-4H3/t19-,20?,21+/m0/s1. The summed E-state index contributed by atoms with van der Waals surface area (Å²) in [7, 11) is 1.28. The Kier molecular flexibility index (Phi) is 6.65. The molecule has 0 bridgehead atoms. The first-order chi connectivity index (χ1) is 14.6. The number of aliphatic hydroxyl groups is 1. The number of ether oxygens (including phenoxy) is 2. The molecule has 2 aromatic rings. The Hall–Kier alpha value is -2.93. The lowest BCUT2D eigenvalue weighted by Gasteiger charge is -2.41. The molecular formula is C24H28FNO5. The minimum absolute atomic E-state index is 0.0356. The zero-order valence-electron chi connectivity index (χ0n) is 18.2. The lowest BCUT2D eigenvalue weighted by Crippen LogP contribution is -2.53. The fourth-order valence-corrected chi connectivity index (χ4v) is 3.90. The number of β-amino-alcohol motifs (C(OH)–C–C–N with tert-alkyl or cyclic N) is 1. The maximum absolute atomic E-state index is 13.3. The second-order valence-electron chi connectivity index (χ2n) is 8.74. The summed E-state index contributed by atoms with van der Waals surface area (Å²) in [4.78, 5) is 26.5. The molecule has 1 amide bonds. The van der Waals surface area contributed by atoms with Crippen LogP contribution in [-0.2, 0) is 14.3 Å². The van der Waals surface area contributed by atoms with Crippen LogP contribution in [0.25, 0.3) is 11.1 Å². The van der Waals surface area contributed by atoms with Crippen molar-refractivity contribution in [3.63, 3.8) is 0 Å². The van der Waals surface area contributed by atoms with Gasteiger partial charge < -0.3 is 19.5 Å². The zero-order valence-corrected chi connectivity index (χ0v) is 18.2. The largest absolute Gasteiger partial charge is 0.469 e. The van der Waals surface area contributed by atoms with Crippen molar-refractivity contribution in [1.82, 2.24) is 4.90 Å². The van der Waals surface area contributed by atoms with Gasteiger partial charge in [0.1, 0.15) is 11.4 Å². The number of likely N-dealkylation sites (tertiary alicyclic amines) is 1. The highest BCUT2D eigenvalue weighted by atomic mass is 19.1. The summed E-state index contributed by atoms with van der Waals surface area (Å²) in [5.74, 6) is -2.16. The van der Waals surface area contributed by atoms with Gasteiger partial charge in [0, 0.05) is 12.5 Å². The van der Waals surface area contributed by atoms with Crippen LogP contribution in [0.2, 0.25) is 0 Å². The van der Waals surface area contributed by atoms with Crippen molar-refractivity contribution in [1.29, 1.82) is 0 Å². The van der Waals surface area contributed by atoms with E-state index in [1.54, 1.807) is 32.9 Å². The Morgan fingerprint density at radius 1 is 1.06 bits per heavy atom. The predicted octanol–water partition coefficient (Wildman–Crippen LogP) is 3.98. The third-order valence-electron chi connectivity index (χ3n) is 5.28. The van der Waals surface area contributed by atoms with E-state index in [0.717, 1.165) is 16.7 Å². The molecule has 0 aliphatic carbocycles. The highest BCUT2D eigenvalue weighted by molar-refractivity contribution is 5.77. The van der Waals surface area contributed by atoms with Crippen LogP contribution < -0.4 is 0 Å². The van der Waals surface area contributed by atoms with Crippen LogP contribution in [0.4, 0.5) is 9.18 Å². The van der Waals surface area contributed by atoms with Gasteiger partial charge in [0.25, 0.3) is 0 Å². The molecule has 6 nitrogen and oxygen atoms in total. The Balaban J connectivity index is 1.91. The number of hydrogen-bond donors (Lipinski definition) is 1. The smallest absolute Gasteiger partial charge is 0.410 e. The van der Waals surface area contributed by atoms with Gasteiger partial charge in [-0.1, -0.05) is 36.4 Å². The van der Waals surface area contributed by atoms with Gasteiger partial charge in [-0.3, -0.25) is 4.79 Å². The number of carbonyl (C=O) groups excluding carboxylic acids is 2. The summed E-state index contributed by atoms with van der Waals surface area (Å²) in [6.07, 6.45) is -1.58. The molecule has 0 radical (unpaired) electrons. The van der Waals surface area contributed by atoms with Crippen LogP contribution >= 0.6 is 0 Å². The Morgan fingerprint density at radius 2 is 1.74 bits per heavy atom. The normalized spacial score (nSPS) is 21.5. The molecule has 1 fully saturated rings. The Labute approximate surface area is 181 Å². The van der Waals surface area contributed by atoms with E-state index in [1.165, 1.54) is 24.1 Å². The number of piperidine rings is 1. The van der Waals surface area contributed by atoms with Gasteiger partial charge in [-0.05, 0) is 49.6 Å². The van der Waals surface area contributed by atoms with Gasteiger partial charge in [-0.2, -0.15) is 0 Å². The Morgan fingerprint density at radius 3 is 2.35 bits per heavy atom. The quantitative estimate of drug-likeness (QED) is 0.747. The third kappa shape index (κ3) is 5.41. The fraction of sp³-hybridized carbons (Fsp3) is 0.417. The van der Waals surface area contributed by atoms with Crippen molar-refractivity contribution >= 4 is 12.1 Å². The zero-order chi connectivity index (χ0) is 22.8. The summed E-state index contributed by atoms with van der Waals surface area (Å²) in [5, 5.41) is 10.9. The van der Waals surface area contributed by atoms with Crippen LogP contribution in [0, 0.1) is 11.7 Å². The summed E-state index contributed by atoms with van der Waals surface area (Å²) in [6, 6.07) is 13.5. The maximum atomic E-state index is 13.3. The number of benzene rings is 2. The first kappa shape index (κ1) is 22.7. The summed E-state index contributed by atoms with van der Waals surface area (Å²) >= 11 is 0. The third-order valence-corrected chi connectivity index (χ3v) is 5.28. The lowest BCUT2D eigenvalue weighted by atomic mass is 9.78. The van der Waals surface area contributed by atoms with Crippen LogP contribution in [0.15, 0.2) is 48.5 Å². The molecule has 1 N–H and O–H groups in total. The number of rotatable bonds is 3. The van der Waals surface area contributed by atoms with Crippen molar-refractivity contribution < 1.29 is 28.6 Å². The summed E-state index contributed by atoms with van der Waals surface area (Å²) in [5.41, 5.74) is 1.71. The van der Waals surface area contributed by atoms with Gasteiger partial charge in [-0.25, -0.2) is 9.18 Å². The number of amides is 1. The average Bonchev–Trinajstić information content (AvgIpc) is 2.72. The van der Waals surface area contributed by atoms with E-state index < -0.39 is 35.6 Å². The molecule has 7 heteroatoms. The topological polar surface area (TPSA) is 76.1 Å². The second-order valence-corrected chi connectivity index (χ2v) is 8.74. The van der Waals surface area contributed by atoms with E-state index >= 15 is 0 Å². The average molecular weight is 429 g/mol. The number of halogens is 1. The SMILES string of the molecule is COC(=O)[C@H]1CN(C(=O)OC(C)(C)C)CC(O)[C@@H]1c1cccc(-c2ccc(F)cc2)c1. The van der Waals surface area contributed by atoms with Crippen LogP contribution in [0.3, 0.4) is 0 Å². The molecule has 0 spiro atoms. The lowest BCUT2D eigenvalue weighted by molar-refractivity contribution is -0.150. The highest BCUT2D eigenvalue weighted by Gasteiger charge is 2.44. The van der Waals surface area contributed by atoms with E-state index in [1.807, 2.05) is 24.3 Å². The molecular weight excluding hydrogens is 401 g/mol. The molecule has 1 aliphatic rings. The van der Waals surface area contributed by atoms with Crippen molar-refractivity contribution in [2.24, 2.45) is 5.92 Å². The molecule has 166 valence electrons. The minimum atomic E-state index is -0.992. The monoisotopic (exact) mass is 429 g/mol. The molecule has 1 saturated heterocycles. The molecule has 0 saturated carbocycles. The molecule has 1 aliphatic heterocycles. The van der Waals surface area contributed by atoms with Crippen LogP contribution in [0.1, 0.15) is 32.3 Å². The summed E-state index contributed by atoms with van der Waals surface area (Å²) in [6.45, 7) is 5.38. The van der Waals surface area contributed by atoms with Gasteiger partial charge >= 0.3 is 12.1 Å². The number of methoxy groups -OCH3 is 1. The molecule has 2 aromatic carbocycles. The van der Waals surface area contributed by atoms with E-state index in [4.69, 9.17) is 9.47 Å². The molecule has 0 aromatic heterocycles. The molecule has 1 unspecified atom stereocenters. The van der Waals surface area contributed by atoms with Gasteiger partial charge in [-0.15, -0.1) is 0 Å². The number of nitrogens with zero attached hydrogens (tertiary/aromatic N) is 1. The van der Waals surface area contributed by atoms with Crippen LogP contribution in [-0.4, -0.2) is 54.0 Å². The Bertz CT molecular complexity index is 938. The first-order valence-corrected chi connectivity index (χ1v) is 10.2. The first-order valence-electron chi connectivity index (χ1n) is 10.2. The summed E-state index contributed by atoms with van der Waals surface area (Å²) < 4.78 is 23.7. The molecule has 3 atom stereocenters. The fourth-order valence-electron chi connectivity index (χ4n) is 3.90. The second kappa shape index (κ2) is 9.06. The number of esters is 1. The van der Waals surface area contributed by atoms with Gasteiger partial charge in [0.2, 0.25) is 0 Å². The van der Waals surface area contributed by atoms with Crippen molar-refractivity contribution in [2.45, 2.75) is 38.4 Å². The number of hydrogen-bond acceptors (Lipinski definition) is 5. The van der Waals surface area contributed by atoms with E-state index in [2.05, 4.69) is 0 Å². The number of aliphatic hydroxyl groups excluding tert-OH is 1. The maximum Gasteiger partial charge on any atom is 0.410 e. The van der Waals surface area contributed by atoms with Crippen molar-refractivity contribution in [3.05, 3.63) is 59.9 Å². The number of carbonyl (C=O) groups is 2. The van der Waals surface area contributed by atoms with E-state index in [9.17, 15) is 19.1 Å². The molecule has 31 heavy (non-hydrogen) atoms. The minimum Gasteiger partial charge on any atom is -0.469 e.